The van der Waals surface area contributed by atoms with E-state index in [2.05, 4.69) is 15.0 Å². The minimum Gasteiger partial charge on any atom is -0.496 e. The summed E-state index contributed by atoms with van der Waals surface area (Å²) in [5.41, 5.74) is 1.44. The number of hydrogen-bond acceptors (Lipinski definition) is 5. The van der Waals surface area contributed by atoms with E-state index in [1.165, 1.54) is 6.20 Å². The number of hydrogen-bond donors (Lipinski definition) is 2. The van der Waals surface area contributed by atoms with Crippen LogP contribution in [0.2, 0.25) is 0 Å². The fraction of sp³-hybridized carbons (Fsp3) is 0.214. The summed E-state index contributed by atoms with van der Waals surface area (Å²) in [7, 11) is -1.65. The molecule has 0 amide bonds. The highest BCUT2D eigenvalue weighted by molar-refractivity contribution is 7.92. The molecule has 7 heteroatoms. The molecule has 0 saturated carbocycles. The molecule has 0 aliphatic rings. The molecule has 0 unspecified atom stereocenters. The molecule has 0 aliphatic carbocycles. The van der Waals surface area contributed by atoms with Gasteiger partial charge in [0.2, 0.25) is 10.0 Å². The smallest absolute Gasteiger partial charge is 0.229 e. The molecule has 0 spiro atoms. The first-order valence-electron chi connectivity index (χ1n) is 6.27. The van der Waals surface area contributed by atoms with Gasteiger partial charge < -0.3 is 10.1 Å². The molecule has 0 radical (unpaired) electrons. The van der Waals surface area contributed by atoms with E-state index in [1.807, 2.05) is 24.3 Å². The van der Waals surface area contributed by atoms with E-state index in [1.54, 1.807) is 19.2 Å². The molecule has 0 bridgehead atoms. The van der Waals surface area contributed by atoms with Crippen molar-refractivity contribution in [3.63, 3.8) is 0 Å². The number of benzene rings is 1. The number of methoxy groups -OCH3 is 1. The van der Waals surface area contributed by atoms with E-state index in [0.717, 1.165) is 17.6 Å². The minimum absolute atomic E-state index is 0.431. The summed E-state index contributed by atoms with van der Waals surface area (Å²) in [6.45, 7) is 0.565. The Morgan fingerprint density at radius 2 is 1.95 bits per heavy atom. The summed E-state index contributed by atoms with van der Waals surface area (Å²) in [6.07, 6.45) is 2.56. The number of anilines is 2. The number of aromatic nitrogens is 1. The first kappa shape index (κ1) is 15.1. The lowest BCUT2D eigenvalue weighted by Gasteiger charge is -2.10. The zero-order valence-corrected chi connectivity index (χ0v) is 12.6. The van der Waals surface area contributed by atoms with Crippen LogP contribution in [0.5, 0.6) is 5.75 Å². The first-order chi connectivity index (χ1) is 9.98. The van der Waals surface area contributed by atoms with Gasteiger partial charge in [-0.05, 0) is 18.2 Å². The van der Waals surface area contributed by atoms with Crippen molar-refractivity contribution in [1.29, 1.82) is 0 Å². The van der Waals surface area contributed by atoms with Gasteiger partial charge in [0.05, 0.1) is 25.2 Å². The van der Waals surface area contributed by atoms with E-state index in [-0.39, 0.29) is 0 Å². The lowest BCUT2D eigenvalue weighted by molar-refractivity contribution is 0.410. The normalized spacial score (nSPS) is 11.0. The predicted octanol–water partition coefficient (Wildman–Crippen LogP) is 2.07. The van der Waals surface area contributed by atoms with Gasteiger partial charge in [0.15, 0.2) is 0 Å². The summed E-state index contributed by atoms with van der Waals surface area (Å²) in [5.74, 6) is 1.46. The maximum absolute atomic E-state index is 11.1. The molecule has 1 aromatic carbocycles. The van der Waals surface area contributed by atoms with Crippen LogP contribution in [0, 0.1) is 0 Å². The van der Waals surface area contributed by atoms with Crippen molar-refractivity contribution in [1.82, 2.24) is 4.98 Å². The third kappa shape index (κ3) is 4.64. The number of nitrogens with zero attached hydrogens (tertiary/aromatic N) is 1. The number of sulfonamides is 1. The Kier molecular flexibility index (Phi) is 4.64. The fourth-order valence-corrected chi connectivity index (χ4v) is 2.36. The Labute approximate surface area is 124 Å². The highest BCUT2D eigenvalue weighted by Crippen LogP contribution is 2.19. The SMILES string of the molecule is COc1ccccc1CNc1ccc(NS(C)(=O)=O)cn1. The van der Waals surface area contributed by atoms with Crippen LogP contribution in [0.1, 0.15) is 5.56 Å². The average molecular weight is 307 g/mol. The lowest BCUT2D eigenvalue weighted by Crippen LogP contribution is -2.10. The van der Waals surface area contributed by atoms with Gasteiger partial charge in [-0.25, -0.2) is 13.4 Å². The van der Waals surface area contributed by atoms with Gasteiger partial charge in [-0.3, -0.25) is 4.72 Å². The quantitative estimate of drug-likeness (QED) is 0.854. The lowest BCUT2D eigenvalue weighted by atomic mass is 10.2. The zero-order valence-electron chi connectivity index (χ0n) is 11.8. The monoisotopic (exact) mass is 307 g/mol. The van der Waals surface area contributed by atoms with Crippen molar-refractivity contribution in [2.24, 2.45) is 0 Å². The number of nitrogens with one attached hydrogen (secondary N) is 2. The van der Waals surface area contributed by atoms with Crippen molar-refractivity contribution >= 4 is 21.5 Å². The standard InChI is InChI=1S/C14H17N3O3S/c1-20-13-6-4-3-5-11(13)9-15-14-8-7-12(10-16-14)17-21(2,18)19/h3-8,10,17H,9H2,1-2H3,(H,15,16). The Balaban J connectivity index is 2.01. The highest BCUT2D eigenvalue weighted by Gasteiger charge is 2.04. The number of para-hydroxylation sites is 1. The van der Waals surface area contributed by atoms with Crippen LogP contribution in [0.3, 0.4) is 0 Å². The summed E-state index contributed by atoms with van der Waals surface area (Å²) < 4.78 is 29.8. The summed E-state index contributed by atoms with van der Waals surface area (Å²) in [4.78, 5) is 4.15. The Hall–Kier alpha value is -2.28. The maximum Gasteiger partial charge on any atom is 0.229 e. The molecule has 2 N–H and O–H groups in total. The average Bonchev–Trinajstić information content (AvgIpc) is 2.45. The van der Waals surface area contributed by atoms with Crippen molar-refractivity contribution in [2.45, 2.75) is 6.54 Å². The second-order valence-corrected chi connectivity index (χ2v) is 6.22. The van der Waals surface area contributed by atoms with Gasteiger partial charge in [-0.2, -0.15) is 0 Å². The Morgan fingerprint density at radius 1 is 1.19 bits per heavy atom. The Morgan fingerprint density at radius 3 is 2.57 bits per heavy atom. The van der Waals surface area contributed by atoms with Crippen LogP contribution in [0.15, 0.2) is 42.6 Å². The fourth-order valence-electron chi connectivity index (χ4n) is 1.81. The van der Waals surface area contributed by atoms with E-state index in [0.29, 0.717) is 18.1 Å². The van der Waals surface area contributed by atoms with Crippen LogP contribution < -0.4 is 14.8 Å². The second-order valence-electron chi connectivity index (χ2n) is 4.47. The van der Waals surface area contributed by atoms with Gasteiger partial charge in [0.1, 0.15) is 11.6 Å². The van der Waals surface area contributed by atoms with E-state index in [9.17, 15) is 8.42 Å². The molecule has 112 valence electrons. The van der Waals surface area contributed by atoms with Crippen LogP contribution in [0.25, 0.3) is 0 Å². The number of pyridine rings is 1. The predicted molar refractivity (Wildman–Crippen MR) is 83.0 cm³/mol. The van der Waals surface area contributed by atoms with Gasteiger partial charge in [0.25, 0.3) is 0 Å². The molecule has 0 aliphatic heterocycles. The maximum atomic E-state index is 11.1. The Bertz CT molecular complexity index is 700. The first-order valence-corrected chi connectivity index (χ1v) is 8.17. The van der Waals surface area contributed by atoms with Crippen molar-refractivity contribution < 1.29 is 13.2 Å². The molecular weight excluding hydrogens is 290 g/mol. The topological polar surface area (TPSA) is 80.3 Å². The molecular formula is C14H17N3O3S. The minimum atomic E-state index is -3.28. The highest BCUT2D eigenvalue weighted by atomic mass is 32.2. The largest absolute Gasteiger partial charge is 0.496 e. The van der Waals surface area contributed by atoms with Gasteiger partial charge in [-0.15, -0.1) is 0 Å². The van der Waals surface area contributed by atoms with Gasteiger partial charge >= 0.3 is 0 Å². The summed E-state index contributed by atoms with van der Waals surface area (Å²) in [6, 6.07) is 11.1. The third-order valence-corrected chi connectivity index (χ3v) is 3.33. The molecule has 0 fully saturated rings. The molecule has 0 saturated heterocycles. The third-order valence-electron chi connectivity index (χ3n) is 2.72. The second kappa shape index (κ2) is 6.45. The van der Waals surface area contributed by atoms with Crippen molar-refractivity contribution in [3.05, 3.63) is 48.2 Å². The number of ether oxygens (including phenoxy) is 1. The van der Waals surface area contributed by atoms with Gasteiger partial charge in [-0.1, -0.05) is 18.2 Å². The molecule has 2 aromatic rings. The van der Waals surface area contributed by atoms with Crippen molar-refractivity contribution in [3.8, 4) is 5.75 Å². The van der Waals surface area contributed by atoms with Crippen LogP contribution >= 0.6 is 0 Å². The van der Waals surface area contributed by atoms with E-state index < -0.39 is 10.0 Å². The van der Waals surface area contributed by atoms with E-state index >= 15 is 0 Å². The molecule has 0 atom stereocenters. The molecule has 6 nitrogen and oxygen atoms in total. The van der Waals surface area contributed by atoms with Crippen molar-refractivity contribution in [2.75, 3.05) is 23.4 Å². The van der Waals surface area contributed by atoms with Gasteiger partial charge in [0, 0.05) is 12.1 Å². The number of rotatable bonds is 6. The molecule has 1 heterocycles. The van der Waals surface area contributed by atoms with Crippen LogP contribution in [-0.4, -0.2) is 26.8 Å². The van der Waals surface area contributed by atoms with Crippen LogP contribution in [0.4, 0.5) is 11.5 Å². The molecule has 1 aromatic heterocycles. The molecule has 21 heavy (non-hydrogen) atoms. The molecule has 2 rings (SSSR count). The zero-order chi connectivity index (χ0) is 15.3. The van der Waals surface area contributed by atoms with Crippen LogP contribution in [-0.2, 0) is 16.6 Å². The van der Waals surface area contributed by atoms with E-state index in [4.69, 9.17) is 4.74 Å². The summed E-state index contributed by atoms with van der Waals surface area (Å²) in [5, 5.41) is 3.16. The summed E-state index contributed by atoms with van der Waals surface area (Å²) >= 11 is 0.